The maximum Gasteiger partial charge on any atom is 0.264 e. The second-order valence-corrected chi connectivity index (χ2v) is 11.4. The highest BCUT2D eigenvalue weighted by molar-refractivity contribution is 7.92. The van der Waals surface area contributed by atoms with Gasteiger partial charge in [-0.3, -0.25) is 14.0 Å². The third-order valence-corrected chi connectivity index (χ3v) is 8.54. The fourth-order valence-corrected chi connectivity index (χ4v) is 6.24. The zero-order valence-corrected chi connectivity index (χ0v) is 21.3. The quantitative estimate of drug-likeness (QED) is 0.500. The SMILES string of the molecule is O=C(NCc1cccc(CN2CCCC2)c1)[C@@H]1CN(S(=O)(=O)c2ccc(Cl)cc2)c2ccccc2O1. The Morgan fingerprint density at radius 1 is 0.972 bits per heavy atom. The number of rotatable bonds is 7. The van der Waals surface area contributed by atoms with E-state index in [0.717, 1.165) is 25.2 Å². The number of para-hydroxylation sites is 2. The summed E-state index contributed by atoms with van der Waals surface area (Å²) in [6.45, 7) is 3.34. The fraction of sp³-hybridized carbons (Fsp3) is 0.296. The predicted molar refractivity (Wildman–Crippen MR) is 140 cm³/mol. The number of hydrogen-bond acceptors (Lipinski definition) is 5. The van der Waals surface area contributed by atoms with Gasteiger partial charge < -0.3 is 10.1 Å². The van der Waals surface area contributed by atoms with E-state index in [1.54, 1.807) is 24.3 Å². The molecule has 1 saturated heterocycles. The first kappa shape index (κ1) is 24.6. The number of amides is 1. The van der Waals surface area contributed by atoms with Gasteiger partial charge in [-0.05, 0) is 73.5 Å². The van der Waals surface area contributed by atoms with Crippen molar-refractivity contribution in [3.05, 3.63) is 88.9 Å². The van der Waals surface area contributed by atoms with E-state index in [2.05, 4.69) is 22.3 Å². The van der Waals surface area contributed by atoms with Gasteiger partial charge in [-0.25, -0.2) is 8.42 Å². The van der Waals surface area contributed by atoms with Crippen LogP contribution < -0.4 is 14.4 Å². The molecule has 0 spiro atoms. The van der Waals surface area contributed by atoms with Gasteiger partial charge in [-0.1, -0.05) is 48.0 Å². The number of carbonyl (C=O) groups excluding carboxylic acids is 1. The molecule has 0 unspecified atom stereocenters. The lowest BCUT2D eigenvalue weighted by Crippen LogP contribution is -2.50. The molecule has 1 N–H and O–H groups in total. The largest absolute Gasteiger partial charge is 0.476 e. The van der Waals surface area contributed by atoms with Gasteiger partial charge in [0.05, 0.1) is 17.1 Å². The summed E-state index contributed by atoms with van der Waals surface area (Å²) in [7, 11) is -3.93. The molecule has 0 saturated carbocycles. The molecule has 2 aliphatic rings. The third-order valence-electron chi connectivity index (χ3n) is 6.49. The van der Waals surface area contributed by atoms with Crippen LogP contribution in [0.2, 0.25) is 5.02 Å². The van der Waals surface area contributed by atoms with E-state index in [1.165, 1.54) is 47.0 Å². The average Bonchev–Trinajstić information content (AvgIpc) is 3.40. The van der Waals surface area contributed by atoms with E-state index < -0.39 is 16.1 Å². The van der Waals surface area contributed by atoms with E-state index in [0.29, 0.717) is 23.0 Å². The summed E-state index contributed by atoms with van der Waals surface area (Å²) in [5, 5.41) is 3.37. The number of anilines is 1. The summed E-state index contributed by atoms with van der Waals surface area (Å²) >= 11 is 5.95. The minimum Gasteiger partial charge on any atom is -0.476 e. The Bertz CT molecular complexity index is 1340. The third kappa shape index (κ3) is 5.36. The summed E-state index contributed by atoms with van der Waals surface area (Å²) in [6.07, 6.45) is 1.49. The lowest BCUT2D eigenvalue weighted by molar-refractivity contribution is -0.127. The number of ether oxygens (including phenoxy) is 1. The van der Waals surface area contributed by atoms with Crippen molar-refractivity contribution >= 4 is 33.2 Å². The molecule has 3 aromatic carbocycles. The number of likely N-dealkylation sites (tertiary alicyclic amines) is 1. The Morgan fingerprint density at radius 3 is 2.47 bits per heavy atom. The first-order chi connectivity index (χ1) is 17.4. The summed E-state index contributed by atoms with van der Waals surface area (Å²) in [5.74, 6) is -0.0280. The summed E-state index contributed by atoms with van der Waals surface area (Å²) in [5.41, 5.74) is 2.60. The molecule has 2 heterocycles. The molecule has 3 aromatic rings. The second kappa shape index (κ2) is 10.5. The monoisotopic (exact) mass is 525 g/mol. The van der Waals surface area contributed by atoms with Crippen molar-refractivity contribution in [2.75, 3.05) is 23.9 Å². The molecule has 5 rings (SSSR count). The Labute approximate surface area is 216 Å². The smallest absolute Gasteiger partial charge is 0.264 e. The molecular weight excluding hydrogens is 498 g/mol. The number of halogens is 1. The normalized spacial score (nSPS) is 17.9. The topological polar surface area (TPSA) is 79.0 Å². The molecule has 0 aliphatic carbocycles. The number of hydrogen-bond donors (Lipinski definition) is 1. The van der Waals surface area contributed by atoms with Crippen LogP contribution in [-0.2, 0) is 27.9 Å². The molecule has 2 aliphatic heterocycles. The van der Waals surface area contributed by atoms with Crippen LogP contribution in [0.3, 0.4) is 0 Å². The Balaban J connectivity index is 1.31. The molecule has 9 heteroatoms. The number of nitrogens with one attached hydrogen (secondary N) is 1. The second-order valence-electron chi connectivity index (χ2n) is 9.09. The van der Waals surface area contributed by atoms with Gasteiger partial charge >= 0.3 is 0 Å². The minimum absolute atomic E-state index is 0.0950. The van der Waals surface area contributed by atoms with E-state index >= 15 is 0 Å². The van der Waals surface area contributed by atoms with Crippen LogP contribution in [0.1, 0.15) is 24.0 Å². The standard InChI is InChI=1S/C27H28ClN3O4S/c28-22-10-12-23(13-11-22)36(33,34)31-19-26(35-25-9-2-1-8-24(25)31)27(32)29-17-20-6-5-7-21(16-20)18-30-14-3-4-15-30/h1-2,5-13,16,26H,3-4,14-15,17-19H2,(H,29,32)/t26-/m0/s1. The van der Waals surface area contributed by atoms with Crippen molar-refractivity contribution in [2.45, 2.75) is 36.9 Å². The first-order valence-corrected chi connectivity index (χ1v) is 13.8. The molecular formula is C27H28ClN3O4S. The maximum absolute atomic E-state index is 13.5. The molecule has 1 amide bonds. The van der Waals surface area contributed by atoms with Crippen molar-refractivity contribution in [1.29, 1.82) is 0 Å². The molecule has 0 bridgehead atoms. The Hall–Kier alpha value is -3.07. The van der Waals surface area contributed by atoms with Gasteiger partial charge in [0, 0.05) is 18.1 Å². The van der Waals surface area contributed by atoms with Crippen LogP contribution in [0.5, 0.6) is 5.75 Å². The number of nitrogens with zero attached hydrogens (tertiary/aromatic N) is 2. The van der Waals surface area contributed by atoms with Gasteiger partial charge in [0.25, 0.3) is 15.9 Å². The van der Waals surface area contributed by atoms with Crippen LogP contribution in [0.4, 0.5) is 5.69 Å². The van der Waals surface area contributed by atoms with Gasteiger partial charge in [-0.2, -0.15) is 0 Å². The van der Waals surface area contributed by atoms with E-state index in [9.17, 15) is 13.2 Å². The van der Waals surface area contributed by atoms with Crippen molar-refractivity contribution < 1.29 is 17.9 Å². The highest BCUT2D eigenvalue weighted by Crippen LogP contribution is 2.37. The lowest BCUT2D eigenvalue weighted by Gasteiger charge is -2.34. The zero-order chi connectivity index (χ0) is 25.1. The van der Waals surface area contributed by atoms with Crippen LogP contribution in [-0.4, -0.2) is 45.0 Å². The zero-order valence-electron chi connectivity index (χ0n) is 19.8. The van der Waals surface area contributed by atoms with Crippen molar-refractivity contribution in [1.82, 2.24) is 10.2 Å². The molecule has 36 heavy (non-hydrogen) atoms. The van der Waals surface area contributed by atoms with Crippen molar-refractivity contribution in [3.8, 4) is 5.75 Å². The summed E-state index contributed by atoms with van der Waals surface area (Å²) in [4.78, 5) is 15.6. The van der Waals surface area contributed by atoms with Gasteiger partial charge in [0.15, 0.2) is 6.10 Å². The molecule has 7 nitrogen and oxygen atoms in total. The summed E-state index contributed by atoms with van der Waals surface area (Å²) in [6, 6.07) is 21.0. The number of benzene rings is 3. The Kier molecular flexibility index (Phi) is 7.18. The van der Waals surface area contributed by atoms with Crippen molar-refractivity contribution in [2.24, 2.45) is 0 Å². The highest BCUT2D eigenvalue weighted by Gasteiger charge is 2.37. The van der Waals surface area contributed by atoms with E-state index in [4.69, 9.17) is 16.3 Å². The molecule has 0 aromatic heterocycles. The average molecular weight is 526 g/mol. The fourth-order valence-electron chi connectivity index (χ4n) is 4.64. The van der Waals surface area contributed by atoms with Crippen molar-refractivity contribution in [3.63, 3.8) is 0 Å². The van der Waals surface area contributed by atoms with Crippen LogP contribution in [0, 0.1) is 0 Å². The minimum atomic E-state index is -3.93. The lowest BCUT2D eigenvalue weighted by atomic mass is 10.1. The van der Waals surface area contributed by atoms with Crippen LogP contribution in [0.15, 0.2) is 77.7 Å². The van der Waals surface area contributed by atoms with Gasteiger partial charge in [-0.15, -0.1) is 0 Å². The maximum atomic E-state index is 13.5. The van der Waals surface area contributed by atoms with E-state index in [-0.39, 0.29) is 17.3 Å². The predicted octanol–water partition coefficient (Wildman–Crippen LogP) is 4.21. The number of carbonyl (C=O) groups is 1. The number of sulfonamides is 1. The van der Waals surface area contributed by atoms with Gasteiger partial charge in [0.2, 0.25) is 0 Å². The molecule has 0 radical (unpaired) electrons. The molecule has 1 fully saturated rings. The van der Waals surface area contributed by atoms with Gasteiger partial charge in [0.1, 0.15) is 5.75 Å². The Morgan fingerprint density at radius 2 is 1.69 bits per heavy atom. The molecule has 1 atom stereocenters. The van der Waals surface area contributed by atoms with Crippen LogP contribution in [0.25, 0.3) is 0 Å². The highest BCUT2D eigenvalue weighted by atomic mass is 35.5. The number of fused-ring (bicyclic) bond motifs is 1. The van der Waals surface area contributed by atoms with Crippen LogP contribution >= 0.6 is 11.6 Å². The first-order valence-electron chi connectivity index (χ1n) is 12.0. The molecule has 188 valence electrons. The summed E-state index contributed by atoms with van der Waals surface area (Å²) < 4.78 is 34.1. The van der Waals surface area contributed by atoms with E-state index in [1.807, 2.05) is 12.1 Å².